The van der Waals surface area contributed by atoms with Crippen LogP contribution in [0.3, 0.4) is 0 Å². The number of hydrogen-bond donors (Lipinski definition) is 2. The van der Waals surface area contributed by atoms with Gasteiger partial charge in [-0.3, -0.25) is 4.79 Å². The van der Waals surface area contributed by atoms with Gasteiger partial charge in [-0.25, -0.2) is 0 Å². The van der Waals surface area contributed by atoms with E-state index in [4.69, 9.17) is 9.47 Å². The molecule has 0 aromatic heterocycles. The van der Waals surface area contributed by atoms with Gasteiger partial charge in [0.25, 0.3) is 5.91 Å². The second-order valence-corrected chi connectivity index (χ2v) is 8.43. The molecule has 1 heterocycles. The maximum absolute atomic E-state index is 12.7. The van der Waals surface area contributed by atoms with Gasteiger partial charge >= 0.3 is 0 Å². The van der Waals surface area contributed by atoms with Gasteiger partial charge in [0.1, 0.15) is 0 Å². The normalized spacial score (nSPS) is 25.3. The predicted molar refractivity (Wildman–Crippen MR) is 112 cm³/mol. The van der Waals surface area contributed by atoms with E-state index in [0.717, 1.165) is 24.8 Å². The van der Waals surface area contributed by atoms with Gasteiger partial charge in [-0.1, -0.05) is 12.1 Å². The van der Waals surface area contributed by atoms with E-state index in [1.807, 2.05) is 13.0 Å². The Morgan fingerprint density at radius 2 is 2.07 bits per heavy atom. The molecule has 3 atom stereocenters. The standard InChI is InChI=1S/C21H28INO4/c1-2-26-21-17(7-4-12-24)18(14-8-10-15(22)11-9-14)13-19(27-21)20(25)23-16-5-3-6-16/h8-11,13,16-18,21,24H,2-7,12H2,1H3,(H,23,25)/t17-,18+,21+/m0/s1. The Balaban J connectivity index is 1.88. The number of hydrogen-bond acceptors (Lipinski definition) is 4. The zero-order valence-corrected chi connectivity index (χ0v) is 17.9. The van der Waals surface area contributed by atoms with Crippen LogP contribution in [0.25, 0.3) is 0 Å². The van der Waals surface area contributed by atoms with Crippen molar-refractivity contribution in [3.63, 3.8) is 0 Å². The minimum absolute atomic E-state index is 0.0148. The van der Waals surface area contributed by atoms with Gasteiger partial charge in [0.05, 0.1) is 0 Å². The Bertz CT molecular complexity index is 657. The number of ether oxygens (including phenoxy) is 2. The van der Waals surface area contributed by atoms with Crippen LogP contribution in [0.4, 0.5) is 0 Å². The lowest BCUT2D eigenvalue weighted by molar-refractivity contribution is -0.167. The summed E-state index contributed by atoms with van der Waals surface area (Å²) in [5.41, 5.74) is 1.14. The van der Waals surface area contributed by atoms with Gasteiger partial charge in [-0.05, 0) is 85.4 Å². The monoisotopic (exact) mass is 485 g/mol. The number of nitrogens with one attached hydrogen (secondary N) is 1. The second kappa shape index (κ2) is 9.89. The molecule has 1 amide bonds. The van der Waals surface area contributed by atoms with E-state index in [1.165, 1.54) is 9.99 Å². The molecule has 6 heteroatoms. The highest BCUT2D eigenvalue weighted by atomic mass is 127. The Morgan fingerprint density at radius 1 is 1.33 bits per heavy atom. The van der Waals surface area contributed by atoms with Crippen molar-refractivity contribution >= 4 is 28.5 Å². The molecule has 3 rings (SSSR count). The summed E-state index contributed by atoms with van der Waals surface area (Å²) in [6.07, 6.45) is 6.13. The van der Waals surface area contributed by atoms with E-state index in [0.29, 0.717) is 18.8 Å². The third-order valence-corrected chi connectivity index (χ3v) is 6.05. The van der Waals surface area contributed by atoms with Gasteiger partial charge in [0.2, 0.25) is 6.29 Å². The molecule has 0 unspecified atom stereocenters. The molecule has 0 bridgehead atoms. The lowest BCUT2D eigenvalue weighted by Crippen LogP contribution is -2.43. The maximum Gasteiger partial charge on any atom is 0.286 e. The largest absolute Gasteiger partial charge is 0.459 e. The Morgan fingerprint density at radius 3 is 2.67 bits per heavy atom. The molecular weight excluding hydrogens is 457 g/mol. The molecule has 0 spiro atoms. The molecule has 1 aliphatic heterocycles. The van der Waals surface area contributed by atoms with Crippen molar-refractivity contribution < 1.29 is 19.4 Å². The van der Waals surface area contributed by atoms with Gasteiger partial charge in [-0.2, -0.15) is 0 Å². The fourth-order valence-electron chi connectivity index (χ4n) is 3.64. The van der Waals surface area contributed by atoms with E-state index in [2.05, 4.69) is 52.2 Å². The zero-order valence-electron chi connectivity index (χ0n) is 15.7. The predicted octanol–water partition coefficient (Wildman–Crippen LogP) is 3.71. The van der Waals surface area contributed by atoms with Crippen molar-refractivity contribution in [2.75, 3.05) is 13.2 Å². The first-order chi connectivity index (χ1) is 13.1. The number of amides is 1. The number of carbonyl (C=O) groups is 1. The summed E-state index contributed by atoms with van der Waals surface area (Å²) < 4.78 is 13.0. The maximum atomic E-state index is 12.7. The third-order valence-electron chi connectivity index (χ3n) is 5.33. The van der Waals surface area contributed by atoms with Crippen molar-refractivity contribution in [3.8, 4) is 0 Å². The number of aliphatic hydroxyl groups is 1. The molecule has 1 fully saturated rings. The summed E-state index contributed by atoms with van der Waals surface area (Å²) in [4.78, 5) is 12.7. The number of rotatable bonds is 8. The summed E-state index contributed by atoms with van der Waals surface area (Å²) in [7, 11) is 0. The Kier molecular flexibility index (Phi) is 7.55. The smallest absolute Gasteiger partial charge is 0.286 e. The SMILES string of the molecule is CCO[C@@H]1OC(C(=O)NC2CCC2)=C[C@H](c2ccc(I)cc2)[C@@H]1CCCO. The number of benzene rings is 1. The summed E-state index contributed by atoms with van der Waals surface area (Å²) in [5.74, 6) is 0.267. The topological polar surface area (TPSA) is 67.8 Å². The van der Waals surface area contributed by atoms with Crippen molar-refractivity contribution in [1.29, 1.82) is 0 Å². The lowest BCUT2D eigenvalue weighted by Gasteiger charge is -2.37. The van der Waals surface area contributed by atoms with Crippen molar-refractivity contribution in [2.24, 2.45) is 5.92 Å². The number of allylic oxidation sites excluding steroid dienone is 1. The molecule has 0 radical (unpaired) electrons. The molecule has 1 aromatic carbocycles. The van der Waals surface area contributed by atoms with E-state index < -0.39 is 6.29 Å². The lowest BCUT2D eigenvalue weighted by atomic mass is 9.80. The van der Waals surface area contributed by atoms with Crippen LogP contribution in [-0.2, 0) is 14.3 Å². The molecule has 148 valence electrons. The van der Waals surface area contributed by atoms with Crippen LogP contribution in [0.15, 0.2) is 36.1 Å². The molecule has 1 aliphatic carbocycles. The number of aliphatic hydroxyl groups excluding tert-OH is 1. The van der Waals surface area contributed by atoms with E-state index >= 15 is 0 Å². The average Bonchev–Trinajstić information content (AvgIpc) is 2.64. The Hall–Kier alpha value is -1.12. The first-order valence-electron chi connectivity index (χ1n) is 9.79. The second-order valence-electron chi connectivity index (χ2n) is 7.18. The zero-order chi connectivity index (χ0) is 19.2. The van der Waals surface area contributed by atoms with Crippen molar-refractivity contribution in [2.45, 2.75) is 57.3 Å². The average molecular weight is 485 g/mol. The third kappa shape index (κ3) is 5.23. The molecule has 2 aliphatic rings. The molecule has 1 aromatic rings. The molecule has 5 nitrogen and oxygen atoms in total. The van der Waals surface area contributed by atoms with Gasteiger partial charge in [0, 0.05) is 34.7 Å². The van der Waals surface area contributed by atoms with Crippen molar-refractivity contribution in [3.05, 3.63) is 45.2 Å². The van der Waals surface area contributed by atoms with Crippen LogP contribution in [0.1, 0.15) is 50.5 Å². The van der Waals surface area contributed by atoms with Gasteiger partial charge < -0.3 is 19.9 Å². The van der Waals surface area contributed by atoms with E-state index in [9.17, 15) is 9.90 Å². The minimum Gasteiger partial charge on any atom is -0.459 e. The quantitative estimate of drug-likeness (QED) is 0.552. The molecule has 27 heavy (non-hydrogen) atoms. The summed E-state index contributed by atoms with van der Waals surface area (Å²) >= 11 is 2.29. The summed E-state index contributed by atoms with van der Waals surface area (Å²) in [6, 6.07) is 8.62. The minimum atomic E-state index is -0.488. The molecule has 1 saturated carbocycles. The highest BCUT2D eigenvalue weighted by molar-refractivity contribution is 14.1. The van der Waals surface area contributed by atoms with Crippen LogP contribution >= 0.6 is 22.6 Å². The fourth-order valence-corrected chi connectivity index (χ4v) is 4.00. The summed E-state index contributed by atoms with van der Waals surface area (Å²) in [6.45, 7) is 2.57. The summed E-state index contributed by atoms with van der Waals surface area (Å²) in [5, 5.41) is 12.4. The fraction of sp³-hybridized carbons (Fsp3) is 0.571. The van der Waals surface area contributed by atoms with Crippen molar-refractivity contribution in [1.82, 2.24) is 5.32 Å². The Labute approximate surface area is 174 Å². The van der Waals surface area contributed by atoms with Gasteiger partial charge in [-0.15, -0.1) is 0 Å². The number of carbonyl (C=O) groups excluding carboxylic acids is 1. The van der Waals surface area contributed by atoms with Crippen LogP contribution in [-0.4, -0.2) is 36.6 Å². The highest BCUT2D eigenvalue weighted by Gasteiger charge is 2.38. The van der Waals surface area contributed by atoms with Crippen LogP contribution < -0.4 is 5.32 Å². The van der Waals surface area contributed by atoms with E-state index in [-0.39, 0.29) is 30.4 Å². The first-order valence-corrected chi connectivity index (χ1v) is 10.9. The highest BCUT2D eigenvalue weighted by Crippen LogP contribution is 2.39. The number of halogens is 1. The molecular formula is C21H28INO4. The van der Waals surface area contributed by atoms with Gasteiger partial charge in [0.15, 0.2) is 5.76 Å². The van der Waals surface area contributed by atoms with Crippen LogP contribution in [0.5, 0.6) is 0 Å². The molecule has 0 saturated heterocycles. The van der Waals surface area contributed by atoms with Crippen LogP contribution in [0, 0.1) is 9.49 Å². The first kappa shape index (κ1) is 20.6. The molecule has 2 N–H and O–H groups in total. The van der Waals surface area contributed by atoms with Crippen LogP contribution in [0.2, 0.25) is 0 Å². The van der Waals surface area contributed by atoms with E-state index in [1.54, 1.807) is 0 Å².